The standard InChI is InChI=1S/C18H28N4O4S/c1-19(17-8-3-2-4-9-17)27(25,26)21-13-11-20(12-14-21)15-16-7-5-6-10-18(16)22(23)24/h5-7,10,17H,2-4,8-9,11-15H2,1H3. The maximum Gasteiger partial charge on any atom is 0.282 e. The lowest BCUT2D eigenvalue weighted by Crippen LogP contribution is -2.54. The first-order valence-corrected chi connectivity index (χ1v) is 11.0. The largest absolute Gasteiger partial charge is 0.296 e. The molecule has 1 heterocycles. The van der Waals surface area contributed by atoms with Gasteiger partial charge in [-0.2, -0.15) is 17.0 Å². The van der Waals surface area contributed by atoms with E-state index in [1.807, 2.05) is 0 Å². The van der Waals surface area contributed by atoms with Crippen molar-refractivity contribution in [3.8, 4) is 0 Å². The number of benzene rings is 1. The minimum atomic E-state index is -3.45. The van der Waals surface area contributed by atoms with E-state index in [4.69, 9.17) is 0 Å². The molecule has 1 aliphatic carbocycles. The highest BCUT2D eigenvalue weighted by Gasteiger charge is 2.34. The molecule has 0 aromatic heterocycles. The summed E-state index contributed by atoms with van der Waals surface area (Å²) >= 11 is 0. The molecule has 0 bridgehead atoms. The molecule has 0 radical (unpaired) electrons. The summed E-state index contributed by atoms with van der Waals surface area (Å²) in [5.41, 5.74) is 0.780. The molecule has 3 rings (SSSR count). The van der Waals surface area contributed by atoms with Crippen molar-refractivity contribution >= 4 is 15.9 Å². The number of hydrogen-bond acceptors (Lipinski definition) is 5. The SMILES string of the molecule is CN(C1CCCCC1)S(=O)(=O)N1CCN(Cc2ccccc2[N+](=O)[O-])CC1. The summed E-state index contributed by atoms with van der Waals surface area (Å²) in [6.45, 7) is 2.44. The maximum absolute atomic E-state index is 12.9. The number of nitro benzene ring substituents is 1. The molecule has 2 aliphatic rings. The van der Waals surface area contributed by atoms with Crippen molar-refractivity contribution in [2.75, 3.05) is 33.2 Å². The van der Waals surface area contributed by atoms with Gasteiger partial charge in [0.2, 0.25) is 0 Å². The second-order valence-corrected chi connectivity index (χ2v) is 9.36. The van der Waals surface area contributed by atoms with E-state index in [2.05, 4.69) is 4.90 Å². The van der Waals surface area contributed by atoms with Crippen molar-refractivity contribution in [1.82, 2.24) is 13.5 Å². The van der Waals surface area contributed by atoms with E-state index in [-0.39, 0.29) is 16.7 Å². The zero-order valence-corrected chi connectivity index (χ0v) is 16.6. The molecule has 0 N–H and O–H groups in total. The maximum atomic E-state index is 12.9. The Morgan fingerprint density at radius 2 is 1.74 bits per heavy atom. The molecule has 9 heteroatoms. The van der Waals surface area contributed by atoms with E-state index in [1.54, 1.807) is 33.9 Å². The topological polar surface area (TPSA) is 87.0 Å². The molecule has 27 heavy (non-hydrogen) atoms. The third-order valence-corrected chi connectivity index (χ3v) is 7.74. The molecule has 0 atom stereocenters. The van der Waals surface area contributed by atoms with Gasteiger partial charge in [-0.25, -0.2) is 0 Å². The predicted octanol–water partition coefficient (Wildman–Crippen LogP) is 2.22. The first kappa shape index (κ1) is 20.2. The minimum Gasteiger partial charge on any atom is -0.296 e. The third kappa shape index (κ3) is 4.66. The average Bonchev–Trinajstić information content (AvgIpc) is 2.68. The van der Waals surface area contributed by atoms with Crippen molar-refractivity contribution in [3.63, 3.8) is 0 Å². The molecule has 0 unspecified atom stereocenters. The Labute approximate surface area is 161 Å². The van der Waals surface area contributed by atoms with Crippen LogP contribution in [0.2, 0.25) is 0 Å². The predicted molar refractivity (Wildman–Crippen MR) is 104 cm³/mol. The molecule has 0 spiro atoms. The lowest BCUT2D eigenvalue weighted by molar-refractivity contribution is -0.385. The first-order chi connectivity index (χ1) is 12.9. The van der Waals surface area contributed by atoms with Crippen molar-refractivity contribution < 1.29 is 13.3 Å². The minimum absolute atomic E-state index is 0.105. The van der Waals surface area contributed by atoms with Gasteiger partial charge in [0.15, 0.2) is 0 Å². The number of rotatable bonds is 6. The quantitative estimate of drug-likeness (QED) is 0.544. The Kier molecular flexibility index (Phi) is 6.46. The van der Waals surface area contributed by atoms with Crippen molar-refractivity contribution in [3.05, 3.63) is 39.9 Å². The Morgan fingerprint density at radius 1 is 1.11 bits per heavy atom. The van der Waals surface area contributed by atoms with Gasteiger partial charge in [0.25, 0.3) is 15.9 Å². The van der Waals surface area contributed by atoms with E-state index in [1.165, 1.54) is 12.5 Å². The van der Waals surface area contributed by atoms with Gasteiger partial charge >= 0.3 is 0 Å². The molecule has 0 amide bonds. The summed E-state index contributed by atoms with van der Waals surface area (Å²) in [6, 6.07) is 6.83. The molecule has 8 nitrogen and oxygen atoms in total. The van der Waals surface area contributed by atoms with Gasteiger partial charge < -0.3 is 0 Å². The normalized spacial score (nSPS) is 20.8. The Morgan fingerprint density at radius 3 is 2.37 bits per heavy atom. The van der Waals surface area contributed by atoms with Crippen LogP contribution in [0.15, 0.2) is 24.3 Å². The van der Waals surface area contributed by atoms with Gasteiger partial charge in [0.1, 0.15) is 0 Å². The van der Waals surface area contributed by atoms with Gasteiger partial charge in [-0.1, -0.05) is 37.5 Å². The van der Waals surface area contributed by atoms with Gasteiger partial charge in [-0.3, -0.25) is 15.0 Å². The highest BCUT2D eigenvalue weighted by molar-refractivity contribution is 7.86. The van der Waals surface area contributed by atoms with E-state index < -0.39 is 10.2 Å². The number of nitro groups is 1. The number of nitrogens with zero attached hydrogens (tertiary/aromatic N) is 4. The molecule has 1 aliphatic heterocycles. The van der Waals surface area contributed by atoms with Crippen LogP contribution in [0.1, 0.15) is 37.7 Å². The lowest BCUT2D eigenvalue weighted by Gasteiger charge is -2.38. The zero-order valence-electron chi connectivity index (χ0n) is 15.8. The fraction of sp³-hybridized carbons (Fsp3) is 0.667. The van der Waals surface area contributed by atoms with Crippen LogP contribution in [-0.2, 0) is 16.8 Å². The van der Waals surface area contributed by atoms with E-state index in [9.17, 15) is 18.5 Å². The molecule has 2 fully saturated rings. The Hall–Kier alpha value is -1.55. The van der Waals surface area contributed by atoms with Crippen LogP contribution in [-0.4, -0.2) is 66.1 Å². The summed E-state index contributed by atoms with van der Waals surface area (Å²) in [5, 5.41) is 11.2. The van der Waals surface area contributed by atoms with Gasteiger partial charge in [0.05, 0.1) is 4.92 Å². The van der Waals surface area contributed by atoms with Crippen LogP contribution in [0.3, 0.4) is 0 Å². The average molecular weight is 397 g/mol. The van der Waals surface area contributed by atoms with Crippen LogP contribution in [0, 0.1) is 10.1 Å². The Bertz CT molecular complexity index is 756. The molecule has 1 saturated carbocycles. The summed E-state index contributed by atoms with van der Waals surface area (Å²) in [4.78, 5) is 12.9. The van der Waals surface area contributed by atoms with E-state index >= 15 is 0 Å². The van der Waals surface area contributed by atoms with Crippen LogP contribution >= 0.6 is 0 Å². The molecule has 1 aromatic rings. The van der Waals surface area contributed by atoms with Gasteiger partial charge in [-0.05, 0) is 12.8 Å². The summed E-state index contributed by atoms with van der Waals surface area (Å²) in [7, 11) is -1.75. The van der Waals surface area contributed by atoms with E-state index in [0.29, 0.717) is 38.3 Å². The van der Waals surface area contributed by atoms with Crippen LogP contribution < -0.4 is 0 Å². The molecule has 1 aromatic carbocycles. The summed E-state index contributed by atoms with van der Waals surface area (Å²) in [6.07, 6.45) is 5.25. The highest BCUT2D eigenvalue weighted by atomic mass is 32.2. The molecular weight excluding hydrogens is 368 g/mol. The number of hydrogen-bond donors (Lipinski definition) is 0. The van der Waals surface area contributed by atoms with Crippen LogP contribution in [0.5, 0.6) is 0 Å². The first-order valence-electron chi connectivity index (χ1n) is 9.57. The smallest absolute Gasteiger partial charge is 0.282 e. The van der Waals surface area contributed by atoms with Crippen LogP contribution in [0.4, 0.5) is 5.69 Å². The van der Waals surface area contributed by atoms with Crippen LogP contribution in [0.25, 0.3) is 0 Å². The van der Waals surface area contributed by atoms with Crippen molar-refractivity contribution in [2.45, 2.75) is 44.7 Å². The number of piperazine rings is 1. The fourth-order valence-electron chi connectivity index (χ4n) is 4.00. The highest BCUT2D eigenvalue weighted by Crippen LogP contribution is 2.26. The second kappa shape index (κ2) is 8.64. The number of para-hydroxylation sites is 1. The van der Waals surface area contributed by atoms with Gasteiger partial charge in [-0.15, -0.1) is 0 Å². The fourth-order valence-corrected chi connectivity index (χ4v) is 5.57. The molecule has 150 valence electrons. The summed E-state index contributed by atoms with van der Waals surface area (Å²) in [5.74, 6) is 0. The lowest BCUT2D eigenvalue weighted by atomic mass is 9.96. The monoisotopic (exact) mass is 396 g/mol. The van der Waals surface area contributed by atoms with Crippen molar-refractivity contribution in [1.29, 1.82) is 0 Å². The Balaban J connectivity index is 1.59. The second-order valence-electron chi connectivity index (χ2n) is 7.38. The summed E-state index contributed by atoms with van der Waals surface area (Å²) < 4.78 is 29.0. The molecule has 1 saturated heterocycles. The van der Waals surface area contributed by atoms with E-state index in [0.717, 1.165) is 25.7 Å². The third-order valence-electron chi connectivity index (χ3n) is 5.69. The van der Waals surface area contributed by atoms with Gasteiger partial charge in [0, 0.05) is 57.4 Å². The molecular formula is C18H28N4O4S. The zero-order chi connectivity index (χ0) is 19.4. The van der Waals surface area contributed by atoms with Crippen molar-refractivity contribution in [2.24, 2.45) is 0 Å².